The van der Waals surface area contributed by atoms with Crippen molar-refractivity contribution in [2.75, 3.05) is 13.1 Å². The van der Waals surface area contributed by atoms with Crippen LogP contribution in [-0.2, 0) is 4.79 Å². The van der Waals surface area contributed by atoms with Crippen molar-refractivity contribution >= 4 is 12.0 Å². The fourth-order valence-electron chi connectivity index (χ4n) is 2.09. The van der Waals surface area contributed by atoms with E-state index in [-0.39, 0.29) is 11.8 Å². The Labute approximate surface area is 114 Å². The van der Waals surface area contributed by atoms with Crippen LogP contribution in [0.4, 0.5) is 0 Å². The average Bonchev–Trinajstić information content (AvgIpc) is 2.33. The van der Waals surface area contributed by atoms with Crippen molar-refractivity contribution < 1.29 is 9.90 Å². The number of hydrogen-bond donors (Lipinski definition) is 1. The number of carbonyl (C=O) groups is 1. The lowest BCUT2D eigenvalue weighted by Crippen LogP contribution is -2.65. The fraction of sp³-hybridized carbons (Fsp3) is 0.438. The van der Waals surface area contributed by atoms with E-state index < -0.39 is 5.60 Å². The maximum atomic E-state index is 11.9. The molecule has 102 valence electrons. The van der Waals surface area contributed by atoms with Crippen molar-refractivity contribution in [1.29, 1.82) is 0 Å². The van der Waals surface area contributed by atoms with E-state index in [0.717, 1.165) is 5.56 Å². The van der Waals surface area contributed by atoms with Gasteiger partial charge in [-0.15, -0.1) is 0 Å². The van der Waals surface area contributed by atoms with Crippen LogP contribution in [0.5, 0.6) is 0 Å². The van der Waals surface area contributed by atoms with Gasteiger partial charge in [0.05, 0.1) is 13.1 Å². The summed E-state index contributed by atoms with van der Waals surface area (Å²) in [5, 5.41) is 10.1. The zero-order chi connectivity index (χ0) is 14.0. The molecule has 3 nitrogen and oxygen atoms in total. The molecule has 0 saturated carbocycles. The van der Waals surface area contributed by atoms with Crippen LogP contribution in [0.3, 0.4) is 0 Å². The molecule has 1 aliphatic heterocycles. The Morgan fingerprint density at radius 2 is 1.89 bits per heavy atom. The van der Waals surface area contributed by atoms with Crippen molar-refractivity contribution in [2.24, 2.45) is 5.92 Å². The Morgan fingerprint density at radius 1 is 1.32 bits per heavy atom. The van der Waals surface area contributed by atoms with Gasteiger partial charge in [0.15, 0.2) is 0 Å². The quantitative estimate of drug-likeness (QED) is 0.846. The van der Waals surface area contributed by atoms with Crippen molar-refractivity contribution in [3.05, 3.63) is 41.5 Å². The molecule has 1 aromatic carbocycles. The molecule has 19 heavy (non-hydrogen) atoms. The summed E-state index contributed by atoms with van der Waals surface area (Å²) in [4.78, 5) is 13.6. The number of β-amino-alcohol motifs (C(OH)–C–C–N with tert-alkyl or cyclic N) is 1. The van der Waals surface area contributed by atoms with Gasteiger partial charge in [-0.3, -0.25) is 4.79 Å². The highest BCUT2D eigenvalue weighted by molar-refractivity contribution is 5.92. The van der Waals surface area contributed by atoms with Crippen molar-refractivity contribution in [2.45, 2.75) is 26.4 Å². The van der Waals surface area contributed by atoms with E-state index in [4.69, 9.17) is 0 Å². The third-order valence-electron chi connectivity index (χ3n) is 3.81. The van der Waals surface area contributed by atoms with E-state index in [1.54, 1.807) is 11.0 Å². The van der Waals surface area contributed by atoms with E-state index in [1.165, 1.54) is 5.56 Å². The first kappa shape index (κ1) is 13.8. The average molecular weight is 259 g/mol. The largest absolute Gasteiger partial charge is 0.386 e. The molecule has 1 heterocycles. The third kappa shape index (κ3) is 3.04. The molecule has 1 saturated heterocycles. The molecule has 0 bridgehead atoms. The number of hydrogen-bond acceptors (Lipinski definition) is 2. The summed E-state index contributed by atoms with van der Waals surface area (Å²) in [6.07, 6.45) is 3.39. The Balaban J connectivity index is 1.91. The Hall–Kier alpha value is -1.61. The topological polar surface area (TPSA) is 40.5 Å². The first-order chi connectivity index (χ1) is 8.90. The third-order valence-corrected chi connectivity index (χ3v) is 3.81. The van der Waals surface area contributed by atoms with Crippen LogP contribution in [0.25, 0.3) is 6.08 Å². The van der Waals surface area contributed by atoms with Crippen molar-refractivity contribution in [1.82, 2.24) is 4.90 Å². The maximum Gasteiger partial charge on any atom is 0.246 e. The fourth-order valence-corrected chi connectivity index (χ4v) is 2.09. The van der Waals surface area contributed by atoms with Crippen LogP contribution in [-0.4, -0.2) is 34.6 Å². The van der Waals surface area contributed by atoms with Gasteiger partial charge in [0.2, 0.25) is 5.91 Å². The van der Waals surface area contributed by atoms with Gasteiger partial charge in [-0.1, -0.05) is 43.7 Å². The summed E-state index contributed by atoms with van der Waals surface area (Å²) in [5.74, 6) is 0.142. The van der Waals surface area contributed by atoms with Gasteiger partial charge >= 0.3 is 0 Å². The Kier molecular flexibility index (Phi) is 3.76. The second-order valence-corrected chi connectivity index (χ2v) is 5.70. The smallest absolute Gasteiger partial charge is 0.246 e. The van der Waals surface area contributed by atoms with Crippen molar-refractivity contribution in [3.63, 3.8) is 0 Å². The summed E-state index contributed by atoms with van der Waals surface area (Å²) < 4.78 is 0. The van der Waals surface area contributed by atoms with Gasteiger partial charge in [0.25, 0.3) is 0 Å². The molecule has 1 amide bonds. The minimum Gasteiger partial charge on any atom is -0.386 e. The minimum absolute atomic E-state index is 0.0362. The number of carbonyl (C=O) groups excluding carboxylic acids is 1. The zero-order valence-corrected chi connectivity index (χ0v) is 11.8. The summed E-state index contributed by atoms with van der Waals surface area (Å²) in [6.45, 7) is 6.85. The van der Waals surface area contributed by atoms with Crippen LogP contribution < -0.4 is 0 Å². The van der Waals surface area contributed by atoms with Crippen LogP contribution in [0.2, 0.25) is 0 Å². The molecule has 1 N–H and O–H groups in total. The Morgan fingerprint density at radius 3 is 2.42 bits per heavy atom. The van der Waals surface area contributed by atoms with E-state index in [9.17, 15) is 9.90 Å². The Bertz CT molecular complexity index is 482. The monoisotopic (exact) mass is 259 g/mol. The summed E-state index contributed by atoms with van der Waals surface area (Å²) in [6, 6.07) is 8.01. The number of nitrogens with zero attached hydrogens (tertiary/aromatic N) is 1. The molecule has 0 unspecified atom stereocenters. The predicted octanol–water partition coefficient (Wildman–Crippen LogP) is 2.24. The SMILES string of the molecule is Cc1ccc(C=CC(=O)N2CC(O)(C(C)C)C2)cc1. The first-order valence-electron chi connectivity index (χ1n) is 6.67. The van der Waals surface area contributed by atoms with Crippen LogP contribution in [0.1, 0.15) is 25.0 Å². The molecule has 1 fully saturated rings. The molecule has 0 aromatic heterocycles. The molecule has 0 spiro atoms. The lowest BCUT2D eigenvalue weighted by Gasteiger charge is -2.48. The number of rotatable bonds is 3. The molecule has 0 radical (unpaired) electrons. The van der Waals surface area contributed by atoms with Crippen LogP contribution in [0, 0.1) is 12.8 Å². The second-order valence-electron chi connectivity index (χ2n) is 5.70. The van der Waals surface area contributed by atoms with Gasteiger partial charge in [-0.25, -0.2) is 0 Å². The normalized spacial score (nSPS) is 17.8. The van der Waals surface area contributed by atoms with Crippen molar-refractivity contribution in [3.8, 4) is 0 Å². The molecule has 1 aliphatic rings. The number of aliphatic hydroxyl groups is 1. The highest BCUT2D eigenvalue weighted by Crippen LogP contribution is 2.28. The first-order valence-corrected chi connectivity index (χ1v) is 6.67. The van der Waals surface area contributed by atoms with E-state index in [0.29, 0.717) is 13.1 Å². The summed E-state index contributed by atoms with van der Waals surface area (Å²) in [7, 11) is 0. The molecule has 0 aliphatic carbocycles. The highest BCUT2D eigenvalue weighted by atomic mass is 16.3. The second kappa shape index (κ2) is 5.17. The summed E-state index contributed by atoms with van der Waals surface area (Å²) >= 11 is 0. The van der Waals surface area contributed by atoms with Gasteiger partial charge in [0, 0.05) is 6.08 Å². The summed E-state index contributed by atoms with van der Waals surface area (Å²) in [5.41, 5.74) is 1.51. The predicted molar refractivity (Wildman–Crippen MR) is 76.6 cm³/mol. The van der Waals surface area contributed by atoms with Crippen LogP contribution >= 0.6 is 0 Å². The van der Waals surface area contributed by atoms with Gasteiger partial charge in [-0.2, -0.15) is 0 Å². The number of likely N-dealkylation sites (tertiary alicyclic amines) is 1. The minimum atomic E-state index is -0.701. The van der Waals surface area contributed by atoms with E-state index in [1.807, 2.05) is 51.1 Å². The lowest BCUT2D eigenvalue weighted by molar-refractivity contribution is -0.158. The standard InChI is InChI=1S/C16H21NO2/c1-12(2)16(19)10-17(11-16)15(18)9-8-14-6-4-13(3)5-7-14/h4-9,12,19H,10-11H2,1-3H3. The highest BCUT2D eigenvalue weighted by Gasteiger charge is 2.45. The zero-order valence-electron chi connectivity index (χ0n) is 11.8. The van der Waals surface area contributed by atoms with E-state index >= 15 is 0 Å². The number of aryl methyl sites for hydroxylation is 1. The van der Waals surface area contributed by atoms with Crippen LogP contribution in [0.15, 0.2) is 30.3 Å². The van der Waals surface area contributed by atoms with E-state index in [2.05, 4.69) is 0 Å². The number of benzene rings is 1. The lowest BCUT2D eigenvalue weighted by atomic mass is 9.83. The number of amides is 1. The molecule has 3 heteroatoms. The molecule has 1 aromatic rings. The van der Waals surface area contributed by atoms with Gasteiger partial charge in [0.1, 0.15) is 5.60 Å². The molecule has 2 rings (SSSR count). The molecular formula is C16H21NO2. The molecule has 0 atom stereocenters. The molecular weight excluding hydrogens is 238 g/mol. The maximum absolute atomic E-state index is 11.9. The van der Waals surface area contributed by atoms with Gasteiger partial charge in [-0.05, 0) is 24.5 Å². The van der Waals surface area contributed by atoms with Gasteiger partial charge < -0.3 is 10.0 Å².